The van der Waals surface area contributed by atoms with E-state index in [1.54, 1.807) is 0 Å². The van der Waals surface area contributed by atoms with Gasteiger partial charge in [-0.05, 0) is 24.6 Å². The molecule has 98 valence electrons. The van der Waals surface area contributed by atoms with Gasteiger partial charge in [0.15, 0.2) is 0 Å². The average Bonchev–Trinajstić information content (AvgIpc) is 2.62. The minimum atomic E-state index is 0.0214. The number of nitrogen functional groups attached to an aromatic ring is 1. The maximum absolute atomic E-state index is 11.6. The van der Waals surface area contributed by atoms with Gasteiger partial charge in [0.2, 0.25) is 5.91 Å². The van der Waals surface area contributed by atoms with Crippen molar-refractivity contribution in [3.05, 3.63) is 24.5 Å². The minimum Gasteiger partial charge on any atom is -0.399 e. The van der Waals surface area contributed by atoms with Crippen molar-refractivity contribution in [3.63, 3.8) is 0 Å². The molecule has 1 saturated heterocycles. The first-order valence-electron chi connectivity index (χ1n) is 6.26. The summed E-state index contributed by atoms with van der Waals surface area (Å²) >= 11 is 0. The molecule has 1 aromatic carbocycles. The van der Waals surface area contributed by atoms with E-state index in [4.69, 9.17) is 5.73 Å². The maximum Gasteiger partial charge on any atom is 0.239 e. The summed E-state index contributed by atoms with van der Waals surface area (Å²) in [7, 11) is 0. The van der Waals surface area contributed by atoms with Crippen molar-refractivity contribution in [2.75, 3.05) is 30.3 Å². The molecule has 0 bridgehead atoms. The van der Waals surface area contributed by atoms with Crippen LogP contribution in [-0.4, -0.2) is 35.5 Å². The second kappa shape index (κ2) is 4.72. The quantitative estimate of drug-likeness (QED) is 0.728. The van der Waals surface area contributed by atoms with E-state index in [1.165, 1.54) is 6.33 Å². The highest BCUT2D eigenvalue weighted by Crippen LogP contribution is 2.25. The molecule has 1 aliphatic heterocycles. The van der Waals surface area contributed by atoms with Crippen molar-refractivity contribution in [3.8, 4) is 0 Å². The number of fused-ring (bicyclic) bond motifs is 1. The summed E-state index contributed by atoms with van der Waals surface area (Å²) in [5.74, 6) is 0.794. The van der Waals surface area contributed by atoms with Crippen molar-refractivity contribution in [1.82, 2.24) is 15.3 Å². The van der Waals surface area contributed by atoms with Gasteiger partial charge in [0.25, 0.3) is 0 Å². The molecule has 6 nitrogen and oxygen atoms in total. The molecular formula is C13H15N5O. The molecule has 6 heteroatoms. The first kappa shape index (κ1) is 11.7. The molecule has 0 saturated carbocycles. The van der Waals surface area contributed by atoms with Crippen LogP contribution in [0.4, 0.5) is 11.5 Å². The summed E-state index contributed by atoms with van der Waals surface area (Å²) < 4.78 is 0. The van der Waals surface area contributed by atoms with Gasteiger partial charge < -0.3 is 16.0 Å². The summed E-state index contributed by atoms with van der Waals surface area (Å²) in [5.41, 5.74) is 7.33. The van der Waals surface area contributed by atoms with Gasteiger partial charge in [-0.25, -0.2) is 9.97 Å². The SMILES string of the molecule is Nc1ccc2ncnc(N3CCCNC(=O)C3)c2c1. The van der Waals surface area contributed by atoms with Crippen LogP contribution in [0.5, 0.6) is 0 Å². The van der Waals surface area contributed by atoms with Gasteiger partial charge >= 0.3 is 0 Å². The molecule has 2 aromatic rings. The highest BCUT2D eigenvalue weighted by Gasteiger charge is 2.18. The number of nitrogens with one attached hydrogen (secondary N) is 1. The fourth-order valence-electron chi connectivity index (χ4n) is 2.30. The number of amides is 1. The predicted molar refractivity (Wildman–Crippen MR) is 73.8 cm³/mol. The van der Waals surface area contributed by atoms with Crippen LogP contribution in [0.2, 0.25) is 0 Å². The summed E-state index contributed by atoms with van der Waals surface area (Å²) in [6.07, 6.45) is 2.43. The van der Waals surface area contributed by atoms with Crippen molar-refractivity contribution in [1.29, 1.82) is 0 Å². The highest BCUT2D eigenvalue weighted by molar-refractivity contribution is 5.93. The lowest BCUT2D eigenvalue weighted by atomic mass is 10.2. The Morgan fingerprint density at radius 1 is 1.32 bits per heavy atom. The van der Waals surface area contributed by atoms with E-state index in [9.17, 15) is 4.79 Å². The molecule has 0 radical (unpaired) electrons. The topological polar surface area (TPSA) is 84.1 Å². The molecule has 2 heterocycles. The number of aromatic nitrogens is 2. The number of nitrogens with zero attached hydrogens (tertiary/aromatic N) is 3. The second-order valence-corrected chi connectivity index (χ2v) is 4.60. The lowest BCUT2D eigenvalue weighted by molar-refractivity contribution is -0.119. The van der Waals surface area contributed by atoms with Crippen LogP contribution in [0.3, 0.4) is 0 Å². The lowest BCUT2D eigenvalue weighted by Gasteiger charge is -2.21. The van der Waals surface area contributed by atoms with Gasteiger partial charge in [0, 0.05) is 24.2 Å². The number of anilines is 2. The third-order valence-electron chi connectivity index (χ3n) is 3.20. The van der Waals surface area contributed by atoms with Gasteiger partial charge in [0.05, 0.1) is 12.1 Å². The zero-order chi connectivity index (χ0) is 13.2. The molecule has 1 amide bonds. The van der Waals surface area contributed by atoms with Gasteiger partial charge in [0.1, 0.15) is 12.1 Å². The van der Waals surface area contributed by atoms with E-state index in [0.717, 1.165) is 29.7 Å². The largest absolute Gasteiger partial charge is 0.399 e. The van der Waals surface area contributed by atoms with Gasteiger partial charge in [-0.2, -0.15) is 0 Å². The van der Waals surface area contributed by atoms with Crippen molar-refractivity contribution in [2.24, 2.45) is 0 Å². The molecule has 0 unspecified atom stereocenters. The van der Waals surface area contributed by atoms with Crippen LogP contribution < -0.4 is 16.0 Å². The molecule has 3 rings (SSSR count). The Bertz CT molecular complexity index is 627. The molecule has 1 fully saturated rings. The van der Waals surface area contributed by atoms with Crippen molar-refractivity contribution < 1.29 is 4.79 Å². The third kappa shape index (κ3) is 2.29. The Hall–Kier alpha value is -2.37. The number of carbonyl (C=O) groups excluding carboxylic acids is 1. The predicted octanol–water partition coefficient (Wildman–Crippen LogP) is 0.538. The smallest absolute Gasteiger partial charge is 0.239 e. The molecule has 0 spiro atoms. The summed E-state index contributed by atoms with van der Waals surface area (Å²) in [6.45, 7) is 1.82. The van der Waals surface area contributed by atoms with E-state index in [1.807, 2.05) is 23.1 Å². The van der Waals surface area contributed by atoms with Crippen LogP contribution >= 0.6 is 0 Å². The normalized spacial score (nSPS) is 16.2. The molecule has 0 atom stereocenters. The van der Waals surface area contributed by atoms with Gasteiger partial charge in [-0.15, -0.1) is 0 Å². The van der Waals surface area contributed by atoms with Crippen LogP contribution in [0.1, 0.15) is 6.42 Å². The van der Waals surface area contributed by atoms with E-state index in [2.05, 4.69) is 15.3 Å². The molecule has 3 N–H and O–H groups in total. The number of hydrogen-bond donors (Lipinski definition) is 2. The Labute approximate surface area is 110 Å². The van der Waals surface area contributed by atoms with Crippen LogP contribution in [-0.2, 0) is 4.79 Å². The minimum absolute atomic E-state index is 0.0214. The van der Waals surface area contributed by atoms with Crippen LogP contribution in [0, 0.1) is 0 Å². The zero-order valence-corrected chi connectivity index (χ0v) is 10.5. The monoisotopic (exact) mass is 257 g/mol. The summed E-state index contributed by atoms with van der Waals surface area (Å²) in [4.78, 5) is 22.2. The van der Waals surface area contributed by atoms with Crippen LogP contribution in [0.15, 0.2) is 24.5 Å². The second-order valence-electron chi connectivity index (χ2n) is 4.60. The van der Waals surface area contributed by atoms with Crippen molar-refractivity contribution in [2.45, 2.75) is 6.42 Å². The lowest BCUT2D eigenvalue weighted by Crippen LogP contribution is -2.33. The average molecular weight is 257 g/mol. The first-order valence-corrected chi connectivity index (χ1v) is 6.26. The summed E-state index contributed by atoms with van der Waals surface area (Å²) in [6, 6.07) is 5.54. The number of carbonyl (C=O) groups is 1. The van der Waals surface area contributed by atoms with E-state index in [0.29, 0.717) is 18.8 Å². The van der Waals surface area contributed by atoms with E-state index >= 15 is 0 Å². The Morgan fingerprint density at radius 2 is 2.21 bits per heavy atom. The summed E-state index contributed by atoms with van der Waals surface area (Å²) in [5, 5.41) is 3.74. The molecule has 0 aliphatic carbocycles. The fourth-order valence-corrected chi connectivity index (χ4v) is 2.30. The van der Waals surface area contributed by atoms with E-state index < -0.39 is 0 Å². The highest BCUT2D eigenvalue weighted by atomic mass is 16.2. The number of rotatable bonds is 1. The number of benzene rings is 1. The molecule has 1 aromatic heterocycles. The Morgan fingerprint density at radius 3 is 3.11 bits per heavy atom. The standard InChI is InChI=1S/C13H15N5O/c14-9-2-3-11-10(6-9)13(17-8-16-11)18-5-1-4-15-12(19)7-18/h2-3,6,8H,1,4-5,7,14H2,(H,15,19). The van der Waals surface area contributed by atoms with Gasteiger partial charge in [-0.1, -0.05) is 0 Å². The van der Waals surface area contributed by atoms with Gasteiger partial charge in [-0.3, -0.25) is 4.79 Å². The number of nitrogens with two attached hydrogens (primary N) is 1. The zero-order valence-electron chi connectivity index (χ0n) is 10.5. The van der Waals surface area contributed by atoms with E-state index in [-0.39, 0.29) is 5.91 Å². The molecular weight excluding hydrogens is 242 g/mol. The van der Waals surface area contributed by atoms with Crippen LogP contribution in [0.25, 0.3) is 10.9 Å². The maximum atomic E-state index is 11.6. The van der Waals surface area contributed by atoms with Crippen molar-refractivity contribution >= 4 is 28.3 Å². The fraction of sp³-hybridized carbons (Fsp3) is 0.308. The molecule has 1 aliphatic rings. The molecule has 19 heavy (non-hydrogen) atoms. The third-order valence-corrected chi connectivity index (χ3v) is 3.20. The Balaban J connectivity index is 2.08. The number of hydrogen-bond acceptors (Lipinski definition) is 5. The first-order chi connectivity index (χ1) is 9.24. The Kier molecular flexibility index (Phi) is 2.91.